The van der Waals surface area contributed by atoms with Crippen LogP contribution in [0.3, 0.4) is 0 Å². The highest BCUT2D eigenvalue weighted by Crippen LogP contribution is 2.33. The van der Waals surface area contributed by atoms with E-state index in [9.17, 15) is 10.5 Å². The second kappa shape index (κ2) is 9.91. The Kier molecular flexibility index (Phi) is 6.78. The topological polar surface area (TPSA) is 47.6 Å². The molecule has 2 nitrogen and oxygen atoms in total. The van der Waals surface area contributed by atoms with Crippen LogP contribution in [0.5, 0.6) is 0 Å². The summed E-state index contributed by atoms with van der Waals surface area (Å²) >= 11 is 0. The maximum absolute atomic E-state index is 9.49. The molecule has 0 aliphatic carbocycles. The van der Waals surface area contributed by atoms with Gasteiger partial charge in [-0.25, -0.2) is 0 Å². The molecule has 0 heterocycles. The first-order valence-electron chi connectivity index (χ1n) is 9.47. The van der Waals surface area contributed by atoms with Crippen LogP contribution in [0.15, 0.2) is 91.0 Å². The third-order valence-corrected chi connectivity index (χ3v) is 4.92. The van der Waals surface area contributed by atoms with Gasteiger partial charge in [0.1, 0.15) is 5.92 Å². The maximum Gasteiger partial charge on any atom is 0.140 e. The Morgan fingerprint density at radius 2 is 1.29 bits per heavy atom. The normalized spacial score (nSPS) is 12.2. The molecule has 0 aromatic heterocycles. The predicted octanol–water partition coefficient (Wildman–Crippen LogP) is 6.45. The van der Waals surface area contributed by atoms with Crippen molar-refractivity contribution < 1.29 is 0 Å². The zero-order valence-electron chi connectivity index (χ0n) is 15.7. The van der Waals surface area contributed by atoms with E-state index >= 15 is 0 Å². The highest BCUT2D eigenvalue weighted by Gasteiger charge is 2.23. The minimum atomic E-state index is -0.656. The number of rotatable bonds is 7. The van der Waals surface area contributed by atoms with E-state index in [0.717, 1.165) is 24.0 Å². The number of hydrogen-bond donors (Lipinski definition) is 0. The Morgan fingerprint density at radius 3 is 1.86 bits per heavy atom. The average molecular weight is 362 g/mol. The minimum Gasteiger partial charge on any atom is -0.197 e. The van der Waals surface area contributed by atoms with Gasteiger partial charge in [-0.05, 0) is 35.1 Å². The van der Waals surface area contributed by atoms with Gasteiger partial charge < -0.3 is 0 Å². The van der Waals surface area contributed by atoms with Gasteiger partial charge in [0, 0.05) is 5.92 Å². The van der Waals surface area contributed by atoms with E-state index in [1.165, 1.54) is 11.1 Å². The standard InChI is InChI=1S/C26H22N2/c27-19-25(20-28)26(23-14-8-3-9-15-23)17-16-24(22-12-6-2-7-13-22)18-21-10-4-1-5-11-21/h1-15,18,25-26H,16-17H2/b24-18+. The van der Waals surface area contributed by atoms with Crippen LogP contribution in [-0.2, 0) is 0 Å². The Balaban J connectivity index is 1.90. The fourth-order valence-electron chi connectivity index (χ4n) is 3.45. The summed E-state index contributed by atoms with van der Waals surface area (Å²) in [5.41, 5.74) is 4.57. The second-order valence-electron chi connectivity index (χ2n) is 6.74. The van der Waals surface area contributed by atoms with Crippen molar-refractivity contribution in [2.45, 2.75) is 18.8 Å². The Labute approximate surface area is 167 Å². The van der Waals surface area contributed by atoms with Gasteiger partial charge >= 0.3 is 0 Å². The SMILES string of the molecule is N#CC(C#N)C(CC/C(=C\c1ccccc1)c1ccccc1)c1ccccc1. The first-order valence-corrected chi connectivity index (χ1v) is 9.47. The smallest absolute Gasteiger partial charge is 0.140 e. The van der Waals surface area contributed by atoms with Crippen LogP contribution in [0.2, 0.25) is 0 Å². The van der Waals surface area contributed by atoms with Crippen LogP contribution in [0.25, 0.3) is 11.6 Å². The average Bonchev–Trinajstić information content (AvgIpc) is 2.77. The van der Waals surface area contributed by atoms with Crippen molar-refractivity contribution in [1.29, 1.82) is 10.5 Å². The van der Waals surface area contributed by atoms with Crippen molar-refractivity contribution in [3.63, 3.8) is 0 Å². The van der Waals surface area contributed by atoms with Crippen molar-refractivity contribution in [1.82, 2.24) is 0 Å². The van der Waals surface area contributed by atoms with Crippen LogP contribution in [0.1, 0.15) is 35.4 Å². The summed E-state index contributed by atoms with van der Waals surface area (Å²) in [5, 5.41) is 19.0. The van der Waals surface area contributed by atoms with Gasteiger partial charge in [-0.1, -0.05) is 97.1 Å². The van der Waals surface area contributed by atoms with Crippen LogP contribution >= 0.6 is 0 Å². The van der Waals surface area contributed by atoms with Crippen LogP contribution in [-0.4, -0.2) is 0 Å². The van der Waals surface area contributed by atoms with E-state index in [1.54, 1.807) is 0 Å². The Morgan fingerprint density at radius 1 is 0.750 bits per heavy atom. The van der Waals surface area contributed by atoms with Crippen LogP contribution < -0.4 is 0 Å². The molecule has 0 aliphatic heterocycles. The van der Waals surface area contributed by atoms with Gasteiger partial charge in [0.25, 0.3) is 0 Å². The molecular weight excluding hydrogens is 340 g/mol. The number of benzene rings is 3. The summed E-state index contributed by atoms with van der Waals surface area (Å²) in [6.07, 6.45) is 3.73. The molecule has 0 fully saturated rings. The van der Waals surface area contributed by atoms with Crippen LogP contribution in [0, 0.1) is 28.6 Å². The van der Waals surface area contributed by atoms with Gasteiger partial charge in [-0.15, -0.1) is 0 Å². The summed E-state index contributed by atoms with van der Waals surface area (Å²) in [6, 6.07) is 34.8. The molecule has 28 heavy (non-hydrogen) atoms. The van der Waals surface area contributed by atoms with Gasteiger partial charge in [-0.2, -0.15) is 10.5 Å². The summed E-state index contributed by atoms with van der Waals surface area (Å²) in [6.45, 7) is 0. The summed E-state index contributed by atoms with van der Waals surface area (Å²) < 4.78 is 0. The molecule has 0 bridgehead atoms. The summed E-state index contributed by atoms with van der Waals surface area (Å²) in [5.74, 6) is -0.768. The fraction of sp³-hybridized carbons (Fsp3) is 0.154. The zero-order valence-corrected chi connectivity index (χ0v) is 15.7. The molecule has 0 aliphatic rings. The highest BCUT2D eigenvalue weighted by atomic mass is 14.4. The minimum absolute atomic E-state index is 0.112. The summed E-state index contributed by atoms with van der Waals surface area (Å²) in [7, 11) is 0. The van der Waals surface area contributed by atoms with Gasteiger partial charge in [0.2, 0.25) is 0 Å². The van der Waals surface area contributed by atoms with Crippen molar-refractivity contribution in [2.75, 3.05) is 0 Å². The molecule has 3 aromatic rings. The third-order valence-electron chi connectivity index (χ3n) is 4.92. The van der Waals surface area contributed by atoms with Gasteiger partial charge in [0.05, 0.1) is 12.1 Å². The van der Waals surface area contributed by atoms with Crippen molar-refractivity contribution in [3.8, 4) is 12.1 Å². The van der Waals surface area contributed by atoms with Crippen molar-refractivity contribution in [3.05, 3.63) is 108 Å². The monoisotopic (exact) mass is 362 g/mol. The molecule has 3 rings (SSSR count). The lowest BCUT2D eigenvalue weighted by Gasteiger charge is -2.19. The molecule has 1 atom stereocenters. The molecule has 0 spiro atoms. The molecule has 0 amide bonds. The molecule has 1 unspecified atom stereocenters. The zero-order chi connectivity index (χ0) is 19.6. The molecule has 0 radical (unpaired) electrons. The largest absolute Gasteiger partial charge is 0.197 e. The second-order valence-corrected chi connectivity index (χ2v) is 6.74. The van der Waals surface area contributed by atoms with Crippen molar-refractivity contribution in [2.24, 2.45) is 5.92 Å². The number of hydrogen-bond acceptors (Lipinski definition) is 2. The number of nitriles is 2. The fourth-order valence-corrected chi connectivity index (χ4v) is 3.45. The molecule has 136 valence electrons. The third kappa shape index (κ3) is 4.97. The highest BCUT2D eigenvalue weighted by molar-refractivity contribution is 5.81. The molecular formula is C26H22N2. The number of nitrogens with zero attached hydrogens (tertiary/aromatic N) is 2. The molecule has 0 N–H and O–H groups in total. The molecule has 0 saturated heterocycles. The first-order chi connectivity index (χ1) is 13.8. The quantitative estimate of drug-likeness (QED) is 0.453. The van der Waals surface area contributed by atoms with Crippen LogP contribution in [0.4, 0.5) is 0 Å². The van der Waals surface area contributed by atoms with Gasteiger partial charge in [0.15, 0.2) is 0 Å². The summed E-state index contributed by atoms with van der Waals surface area (Å²) in [4.78, 5) is 0. The molecule has 2 heteroatoms. The maximum atomic E-state index is 9.49. The lowest BCUT2D eigenvalue weighted by molar-refractivity contribution is 0.572. The first kappa shape index (κ1) is 19.2. The molecule has 3 aromatic carbocycles. The van der Waals surface area contributed by atoms with E-state index in [0.29, 0.717) is 0 Å². The van der Waals surface area contributed by atoms with E-state index in [2.05, 4.69) is 42.5 Å². The lowest BCUT2D eigenvalue weighted by atomic mass is 9.82. The van der Waals surface area contributed by atoms with Gasteiger partial charge in [-0.3, -0.25) is 0 Å². The van der Waals surface area contributed by atoms with E-state index in [-0.39, 0.29) is 5.92 Å². The lowest BCUT2D eigenvalue weighted by Crippen LogP contribution is -2.10. The van der Waals surface area contributed by atoms with E-state index in [4.69, 9.17) is 0 Å². The van der Waals surface area contributed by atoms with Crippen molar-refractivity contribution >= 4 is 11.6 Å². The van der Waals surface area contributed by atoms with E-state index < -0.39 is 5.92 Å². The number of allylic oxidation sites excluding steroid dienone is 1. The Bertz CT molecular complexity index is 963. The Hall–Kier alpha value is -3.62. The predicted molar refractivity (Wildman–Crippen MR) is 114 cm³/mol. The molecule has 0 saturated carbocycles. The van der Waals surface area contributed by atoms with E-state index in [1.807, 2.05) is 66.7 Å².